The third kappa shape index (κ3) is 7.42. The molecule has 116 valence electrons. The van der Waals surface area contributed by atoms with Gasteiger partial charge in [0.15, 0.2) is 6.10 Å². The van der Waals surface area contributed by atoms with E-state index >= 15 is 0 Å². The summed E-state index contributed by atoms with van der Waals surface area (Å²) in [6.45, 7) is 0.0738. The monoisotopic (exact) mass is 316 g/mol. The van der Waals surface area contributed by atoms with E-state index in [4.69, 9.17) is 9.84 Å². The Bertz CT molecular complexity index is 580. The van der Waals surface area contributed by atoms with Crippen LogP contribution < -0.4 is 0 Å². The van der Waals surface area contributed by atoms with Crippen molar-refractivity contribution in [3.8, 4) is 0 Å². The molecule has 0 fully saturated rings. The van der Waals surface area contributed by atoms with E-state index in [0.29, 0.717) is 0 Å². The van der Waals surface area contributed by atoms with Crippen molar-refractivity contribution in [1.82, 2.24) is 0 Å². The molecule has 1 unspecified atom stereocenters. The number of ether oxygens (including phenoxy) is 1. The maximum atomic E-state index is 11.5. The largest absolute Gasteiger partial charge is 0.479 e. The number of esters is 1. The molecule has 1 atom stereocenters. The summed E-state index contributed by atoms with van der Waals surface area (Å²) in [4.78, 5) is 22.3. The standard InChI is InChI=1S/C13H16O7S/c1-21(17,18)20-11(13(15)16)7-8-12(14)19-9-10-5-3-2-4-6-10/h2-6,11H,7-9H2,1H3,(H,15,16). The Kier molecular flexibility index (Phi) is 6.32. The number of carboxylic acids is 1. The van der Waals surface area contributed by atoms with Gasteiger partial charge in [-0.15, -0.1) is 0 Å². The van der Waals surface area contributed by atoms with E-state index in [0.717, 1.165) is 11.8 Å². The molecular weight excluding hydrogens is 300 g/mol. The summed E-state index contributed by atoms with van der Waals surface area (Å²) in [5.74, 6) is -2.07. The van der Waals surface area contributed by atoms with E-state index in [1.54, 1.807) is 24.3 Å². The lowest BCUT2D eigenvalue weighted by molar-refractivity contribution is -0.148. The maximum absolute atomic E-state index is 11.5. The number of benzene rings is 1. The van der Waals surface area contributed by atoms with Crippen molar-refractivity contribution in [3.05, 3.63) is 35.9 Å². The highest BCUT2D eigenvalue weighted by molar-refractivity contribution is 7.86. The van der Waals surface area contributed by atoms with E-state index in [1.165, 1.54) is 0 Å². The number of carbonyl (C=O) groups is 2. The lowest BCUT2D eigenvalue weighted by Gasteiger charge is -2.11. The molecule has 0 radical (unpaired) electrons. The molecular formula is C13H16O7S. The quantitative estimate of drug-likeness (QED) is 0.561. The predicted molar refractivity (Wildman–Crippen MR) is 72.8 cm³/mol. The molecule has 21 heavy (non-hydrogen) atoms. The molecule has 0 aliphatic rings. The topological polar surface area (TPSA) is 107 Å². The fourth-order valence-corrected chi connectivity index (χ4v) is 2.08. The molecule has 0 aliphatic carbocycles. The first kappa shape index (κ1) is 17.1. The van der Waals surface area contributed by atoms with Crippen molar-refractivity contribution in [2.75, 3.05) is 6.26 Å². The second kappa shape index (κ2) is 7.75. The van der Waals surface area contributed by atoms with Gasteiger partial charge in [0, 0.05) is 6.42 Å². The van der Waals surface area contributed by atoms with Crippen molar-refractivity contribution >= 4 is 22.1 Å². The fraction of sp³-hybridized carbons (Fsp3) is 0.385. The second-order valence-corrected chi connectivity index (χ2v) is 5.91. The SMILES string of the molecule is CS(=O)(=O)OC(CCC(=O)OCc1ccccc1)C(=O)O. The third-order valence-corrected chi connectivity index (χ3v) is 3.00. The molecule has 0 heterocycles. The molecule has 0 aliphatic heterocycles. The van der Waals surface area contributed by atoms with Crippen LogP contribution in [-0.4, -0.2) is 37.8 Å². The number of rotatable bonds is 8. The van der Waals surface area contributed by atoms with Gasteiger partial charge in [0.05, 0.1) is 6.26 Å². The Morgan fingerprint density at radius 3 is 2.38 bits per heavy atom. The van der Waals surface area contributed by atoms with Crippen molar-refractivity contribution in [2.24, 2.45) is 0 Å². The zero-order chi connectivity index (χ0) is 15.9. The zero-order valence-corrected chi connectivity index (χ0v) is 12.2. The average molecular weight is 316 g/mol. The molecule has 1 aromatic carbocycles. The first-order chi connectivity index (χ1) is 9.78. The van der Waals surface area contributed by atoms with E-state index in [2.05, 4.69) is 4.18 Å². The van der Waals surface area contributed by atoms with Gasteiger partial charge in [0.2, 0.25) is 0 Å². The van der Waals surface area contributed by atoms with Crippen LogP contribution in [-0.2, 0) is 35.2 Å². The zero-order valence-electron chi connectivity index (χ0n) is 11.4. The van der Waals surface area contributed by atoms with E-state index in [-0.39, 0.29) is 19.4 Å². The predicted octanol–water partition coefficient (Wildman–Crippen LogP) is 0.939. The fourth-order valence-electron chi connectivity index (χ4n) is 1.48. The number of aliphatic carboxylic acids is 1. The number of carboxylic acid groups (broad SMARTS) is 1. The molecule has 8 heteroatoms. The lowest BCUT2D eigenvalue weighted by Crippen LogP contribution is -2.27. The van der Waals surface area contributed by atoms with Crippen LogP contribution in [0.25, 0.3) is 0 Å². The average Bonchev–Trinajstić information content (AvgIpc) is 2.41. The summed E-state index contributed by atoms with van der Waals surface area (Å²) in [7, 11) is -3.90. The van der Waals surface area contributed by atoms with Crippen LogP contribution in [0.2, 0.25) is 0 Å². The number of hydrogen-bond donors (Lipinski definition) is 1. The first-order valence-corrected chi connectivity index (χ1v) is 7.90. The summed E-state index contributed by atoms with van der Waals surface area (Å²) in [5.41, 5.74) is 0.799. The normalized spacial score (nSPS) is 12.6. The summed E-state index contributed by atoms with van der Waals surface area (Å²) in [6.07, 6.45) is -1.38. The number of carbonyl (C=O) groups excluding carboxylic acids is 1. The Balaban J connectivity index is 2.41. The molecule has 1 N–H and O–H groups in total. The molecule has 1 rings (SSSR count). The van der Waals surface area contributed by atoms with Gasteiger partial charge in [-0.05, 0) is 12.0 Å². The van der Waals surface area contributed by atoms with Gasteiger partial charge in [-0.1, -0.05) is 30.3 Å². The van der Waals surface area contributed by atoms with Gasteiger partial charge >= 0.3 is 11.9 Å². The first-order valence-electron chi connectivity index (χ1n) is 6.08. The second-order valence-electron chi connectivity index (χ2n) is 4.31. The van der Waals surface area contributed by atoms with Crippen molar-refractivity contribution in [3.63, 3.8) is 0 Å². The highest BCUT2D eigenvalue weighted by atomic mass is 32.2. The summed E-state index contributed by atoms with van der Waals surface area (Å²) in [5, 5.41) is 8.82. The minimum Gasteiger partial charge on any atom is -0.479 e. The van der Waals surface area contributed by atoms with Gasteiger partial charge in [-0.2, -0.15) is 8.42 Å². The summed E-state index contributed by atoms with van der Waals surface area (Å²) in [6, 6.07) is 8.97. The molecule has 0 aromatic heterocycles. The van der Waals surface area contributed by atoms with E-state index in [9.17, 15) is 18.0 Å². The Morgan fingerprint density at radius 1 is 1.24 bits per heavy atom. The maximum Gasteiger partial charge on any atom is 0.334 e. The molecule has 1 aromatic rings. The minimum atomic E-state index is -3.90. The van der Waals surface area contributed by atoms with Gasteiger partial charge < -0.3 is 9.84 Å². The van der Waals surface area contributed by atoms with Crippen LogP contribution in [0, 0.1) is 0 Å². The van der Waals surface area contributed by atoms with Gasteiger partial charge in [0.25, 0.3) is 10.1 Å². The van der Waals surface area contributed by atoms with Crippen LogP contribution in [0.5, 0.6) is 0 Å². The van der Waals surface area contributed by atoms with Crippen molar-refractivity contribution in [1.29, 1.82) is 0 Å². The highest BCUT2D eigenvalue weighted by Gasteiger charge is 2.24. The highest BCUT2D eigenvalue weighted by Crippen LogP contribution is 2.09. The molecule has 0 saturated heterocycles. The molecule has 0 amide bonds. The van der Waals surface area contributed by atoms with Gasteiger partial charge in [-0.3, -0.25) is 8.98 Å². The number of hydrogen-bond acceptors (Lipinski definition) is 6. The molecule has 0 saturated carbocycles. The lowest BCUT2D eigenvalue weighted by atomic mass is 10.2. The van der Waals surface area contributed by atoms with Crippen LogP contribution in [0.3, 0.4) is 0 Å². The van der Waals surface area contributed by atoms with Crippen LogP contribution >= 0.6 is 0 Å². The molecule has 0 bridgehead atoms. The van der Waals surface area contributed by atoms with E-state index < -0.39 is 28.2 Å². The third-order valence-electron chi connectivity index (χ3n) is 2.42. The van der Waals surface area contributed by atoms with Crippen LogP contribution in [0.4, 0.5) is 0 Å². The van der Waals surface area contributed by atoms with Crippen molar-refractivity contribution < 1.29 is 32.0 Å². The minimum absolute atomic E-state index is 0.0738. The smallest absolute Gasteiger partial charge is 0.334 e. The Labute approximate surface area is 122 Å². The Hall–Kier alpha value is -1.93. The van der Waals surface area contributed by atoms with E-state index in [1.807, 2.05) is 6.07 Å². The molecule has 0 spiro atoms. The Morgan fingerprint density at radius 2 is 1.86 bits per heavy atom. The van der Waals surface area contributed by atoms with Gasteiger partial charge in [-0.25, -0.2) is 4.79 Å². The van der Waals surface area contributed by atoms with Gasteiger partial charge in [0.1, 0.15) is 6.61 Å². The molecule has 7 nitrogen and oxygen atoms in total. The van der Waals surface area contributed by atoms with Crippen LogP contribution in [0.15, 0.2) is 30.3 Å². The summed E-state index contributed by atoms with van der Waals surface area (Å²) < 4.78 is 31.1. The summed E-state index contributed by atoms with van der Waals surface area (Å²) >= 11 is 0. The van der Waals surface area contributed by atoms with Crippen LogP contribution in [0.1, 0.15) is 18.4 Å². The van der Waals surface area contributed by atoms with Crippen molar-refractivity contribution in [2.45, 2.75) is 25.6 Å².